The van der Waals surface area contributed by atoms with Gasteiger partial charge in [0.2, 0.25) is 0 Å². The van der Waals surface area contributed by atoms with Crippen molar-refractivity contribution >= 4 is 5.78 Å². The van der Waals surface area contributed by atoms with Crippen LogP contribution in [0.15, 0.2) is 23.8 Å². The average Bonchev–Trinajstić information content (AvgIpc) is 2.78. The molecule has 2 saturated carbocycles. The fourth-order valence-electron chi connectivity index (χ4n) is 7.16. The van der Waals surface area contributed by atoms with Crippen molar-refractivity contribution in [1.29, 1.82) is 0 Å². The van der Waals surface area contributed by atoms with Gasteiger partial charge in [0.05, 0.1) is 0 Å². The summed E-state index contributed by atoms with van der Waals surface area (Å²) < 4.78 is 0. The lowest BCUT2D eigenvalue weighted by Gasteiger charge is -2.49. The Morgan fingerprint density at radius 1 is 1.13 bits per heavy atom. The molecule has 3 aliphatic rings. The molecule has 170 valence electrons. The molecule has 0 saturated heterocycles. The van der Waals surface area contributed by atoms with Crippen LogP contribution in [0, 0.1) is 46.8 Å². The number of carbonyl (C=O) groups is 1. The van der Waals surface area contributed by atoms with Crippen LogP contribution in [0.4, 0.5) is 0 Å². The molecule has 1 nitrogen and oxygen atoms in total. The third-order valence-corrected chi connectivity index (χ3v) is 9.59. The second kappa shape index (κ2) is 10.2. The van der Waals surface area contributed by atoms with Gasteiger partial charge in [0, 0.05) is 12.8 Å². The van der Waals surface area contributed by atoms with Crippen LogP contribution in [-0.2, 0) is 4.79 Å². The fourth-order valence-corrected chi connectivity index (χ4v) is 7.16. The maximum atomic E-state index is 12.1. The van der Waals surface area contributed by atoms with Crippen LogP contribution in [0.5, 0.6) is 0 Å². The predicted octanol–water partition coefficient (Wildman–Crippen LogP) is 8.40. The molecule has 1 unspecified atom stereocenters. The highest BCUT2D eigenvalue weighted by atomic mass is 16.1. The quantitative estimate of drug-likeness (QED) is 0.400. The SMILES string of the molecule is CC[C@@H](CC[C@@H](C)[C@H]1C/C=C/[C@@H]2CCC3CC(=O)CC[C@]3(C)/C2=C/C[C@H]1C)C(C)C. The number of Topliss-reactive ketones (excluding diaryl/α,β-unsaturated/α-hetero) is 1. The number of carbonyl (C=O) groups excluding carboxylic acids is 1. The van der Waals surface area contributed by atoms with E-state index in [1.54, 1.807) is 5.57 Å². The molecule has 0 aromatic rings. The van der Waals surface area contributed by atoms with Crippen LogP contribution in [0.2, 0.25) is 0 Å². The maximum Gasteiger partial charge on any atom is 0.133 e. The molecule has 30 heavy (non-hydrogen) atoms. The highest BCUT2D eigenvalue weighted by Crippen LogP contribution is 2.55. The first-order chi connectivity index (χ1) is 14.3. The van der Waals surface area contributed by atoms with Crippen LogP contribution in [0.3, 0.4) is 0 Å². The first-order valence-electron chi connectivity index (χ1n) is 13.1. The third kappa shape index (κ3) is 5.13. The Morgan fingerprint density at radius 3 is 2.60 bits per heavy atom. The van der Waals surface area contributed by atoms with E-state index in [0.29, 0.717) is 17.6 Å². The van der Waals surface area contributed by atoms with Gasteiger partial charge in [0.15, 0.2) is 0 Å². The minimum absolute atomic E-state index is 0.262. The Balaban J connectivity index is 1.72. The zero-order chi connectivity index (χ0) is 21.9. The molecular formula is C29H48O. The highest BCUT2D eigenvalue weighted by Gasteiger charge is 2.46. The van der Waals surface area contributed by atoms with Gasteiger partial charge in [0.25, 0.3) is 0 Å². The van der Waals surface area contributed by atoms with E-state index in [9.17, 15) is 4.79 Å². The lowest BCUT2D eigenvalue weighted by Crippen LogP contribution is -2.41. The van der Waals surface area contributed by atoms with Gasteiger partial charge in [-0.3, -0.25) is 4.79 Å². The number of hydrogen-bond donors (Lipinski definition) is 0. The van der Waals surface area contributed by atoms with Crippen molar-refractivity contribution in [2.75, 3.05) is 0 Å². The Morgan fingerprint density at radius 2 is 1.90 bits per heavy atom. The van der Waals surface area contributed by atoms with Gasteiger partial charge >= 0.3 is 0 Å². The third-order valence-electron chi connectivity index (χ3n) is 9.59. The standard InChI is InChI=1S/C29H48O/c1-7-23(20(2)3)13-11-21(4)27-10-8-9-24-14-15-25-19-26(30)17-18-29(25,6)28(24)16-12-22(27)5/h8-9,16,20-25,27H,7,10-15,17-19H2,1-6H3/b9-8+,28-16+/t21-,22-,23+,24-,25?,27-,29+/m1/s1. The second-order valence-corrected chi connectivity index (χ2v) is 11.7. The predicted molar refractivity (Wildman–Crippen MR) is 129 cm³/mol. The van der Waals surface area contributed by atoms with E-state index in [1.807, 2.05) is 0 Å². The van der Waals surface area contributed by atoms with Gasteiger partial charge in [-0.2, -0.15) is 0 Å². The molecule has 2 fully saturated rings. The fraction of sp³-hybridized carbons (Fsp3) is 0.828. The molecular weight excluding hydrogens is 364 g/mol. The van der Waals surface area contributed by atoms with E-state index < -0.39 is 0 Å². The molecule has 0 aliphatic heterocycles. The molecule has 0 aromatic carbocycles. The summed E-state index contributed by atoms with van der Waals surface area (Å²) in [5.74, 6) is 5.72. The Bertz CT molecular complexity index is 641. The Labute approximate surface area is 187 Å². The van der Waals surface area contributed by atoms with Gasteiger partial charge < -0.3 is 0 Å². The van der Waals surface area contributed by atoms with E-state index in [1.165, 1.54) is 44.9 Å². The molecule has 0 bridgehead atoms. The summed E-state index contributed by atoms with van der Waals surface area (Å²) >= 11 is 0. The molecule has 0 N–H and O–H groups in total. The van der Waals surface area contributed by atoms with Gasteiger partial charge in [-0.25, -0.2) is 0 Å². The topological polar surface area (TPSA) is 17.1 Å². The first-order valence-corrected chi connectivity index (χ1v) is 13.1. The zero-order valence-electron chi connectivity index (χ0n) is 20.8. The van der Waals surface area contributed by atoms with Gasteiger partial charge in [-0.1, -0.05) is 78.2 Å². The Hall–Kier alpha value is -0.850. The molecule has 1 heteroatoms. The Kier molecular flexibility index (Phi) is 8.08. The number of hydrogen-bond acceptors (Lipinski definition) is 1. The highest BCUT2D eigenvalue weighted by molar-refractivity contribution is 5.80. The number of ketones is 1. The molecule has 3 aliphatic carbocycles. The van der Waals surface area contributed by atoms with E-state index in [2.05, 4.69) is 59.8 Å². The van der Waals surface area contributed by atoms with Crippen molar-refractivity contribution in [1.82, 2.24) is 0 Å². The summed E-state index contributed by atoms with van der Waals surface area (Å²) in [6, 6.07) is 0. The monoisotopic (exact) mass is 412 g/mol. The van der Waals surface area contributed by atoms with Crippen LogP contribution < -0.4 is 0 Å². The number of allylic oxidation sites excluding steroid dienone is 4. The van der Waals surface area contributed by atoms with E-state index in [4.69, 9.17) is 0 Å². The number of fused-ring (bicyclic) bond motifs is 3. The summed E-state index contributed by atoms with van der Waals surface area (Å²) in [6.07, 6.45) is 19.5. The molecule has 0 aromatic heterocycles. The summed E-state index contributed by atoms with van der Waals surface area (Å²) in [5, 5.41) is 0. The van der Waals surface area contributed by atoms with Crippen LogP contribution in [-0.4, -0.2) is 5.78 Å². The van der Waals surface area contributed by atoms with Gasteiger partial charge in [-0.05, 0) is 85.4 Å². The molecule has 7 atom stereocenters. The summed E-state index contributed by atoms with van der Waals surface area (Å²) in [4.78, 5) is 12.1. The lowest BCUT2D eigenvalue weighted by molar-refractivity contribution is -0.124. The summed E-state index contributed by atoms with van der Waals surface area (Å²) in [6.45, 7) is 14.6. The summed E-state index contributed by atoms with van der Waals surface area (Å²) in [7, 11) is 0. The minimum Gasteiger partial charge on any atom is -0.300 e. The molecule has 0 amide bonds. The lowest BCUT2D eigenvalue weighted by atomic mass is 9.55. The van der Waals surface area contributed by atoms with Crippen molar-refractivity contribution in [2.45, 2.75) is 106 Å². The largest absolute Gasteiger partial charge is 0.300 e. The zero-order valence-corrected chi connectivity index (χ0v) is 20.8. The van der Waals surface area contributed by atoms with Crippen molar-refractivity contribution < 1.29 is 4.79 Å². The van der Waals surface area contributed by atoms with E-state index in [0.717, 1.165) is 48.9 Å². The van der Waals surface area contributed by atoms with Crippen molar-refractivity contribution in [3.05, 3.63) is 23.8 Å². The van der Waals surface area contributed by atoms with Crippen molar-refractivity contribution in [3.63, 3.8) is 0 Å². The molecule has 0 radical (unpaired) electrons. The van der Waals surface area contributed by atoms with Crippen LogP contribution in [0.1, 0.15) is 106 Å². The molecule has 3 rings (SSSR count). The van der Waals surface area contributed by atoms with E-state index in [-0.39, 0.29) is 5.41 Å². The normalized spacial score (nSPS) is 39.6. The van der Waals surface area contributed by atoms with Crippen molar-refractivity contribution in [3.8, 4) is 0 Å². The van der Waals surface area contributed by atoms with Gasteiger partial charge in [-0.15, -0.1) is 0 Å². The van der Waals surface area contributed by atoms with Crippen molar-refractivity contribution in [2.24, 2.45) is 46.8 Å². The minimum atomic E-state index is 0.262. The van der Waals surface area contributed by atoms with Gasteiger partial charge in [0.1, 0.15) is 5.78 Å². The number of rotatable bonds is 6. The van der Waals surface area contributed by atoms with Crippen LogP contribution in [0.25, 0.3) is 0 Å². The smallest absolute Gasteiger partial charge is 0.133 e. The van der Waals surface area contributed by atoms with Crippen LogP contribution >= 0.6 is 0 Å². The molecule has 0 spiro atoms. The summed E-state index contributed by atoms with van der Waals surface area (Å²) in [5.41, 5.74) is 1.95. The average molecular weight is 413 g/mol. The second-order valence-electron chi connectivity index (χ2n) is 11.7. The maximum absolute atomic E-state index is 12.1. The first kappa shape index (κ1) is 23.8. The molecule has 0 heterocycles. The van der Waals surface area contributed by atoms with E-state index >= 15 is 0 Å².